The first kappa shape index (κ1) is 16.9. The Morgan fingerprint density at radius 2 is 2.04 bits per heavy atom. The summed E-state index contributed by atoms with van der Waals surface area (Å²) >= 11 is 0. The number of amides is 1. The molecule has 2 aromatic heterocycles. The van der Waals surface area contributed by atoms with Gasteiger partial charge >= 0.3 is 0 Å². The van der Waals surface area contributed by atoms with Gasteiger partial charge in [0.1, 0.15) is 0 Å². The predicted molar refractivity (Wildman–Crippen MR) is 95.0 cm³/mol. The number of carbonyl (C=O) groups excluding carboxylic acids is 1. The van der Waals surface area contributed by atoms with Crippen molar-refractivity contribution >= 4 is 16.9 Å². The van der Waals surface area contributed by atoms with Crippen molar-refractivity contribution in [2.75, 3.05) is 27.2 Å². The molecule has 1 fully saturated rings. The SMILES string of the molecule is CC(C)Cn1ncc2cc(C(=O)N(C)C3CCN(C)CC3)cnc21. The minimum absolute atomic E-state index is 0.0514. The summed E-state index contributed by atoms with van der Waals surface area (Å²) in [6.07, 6.45) is 5.55. The van der Waals surface area contributed by atoms with E-state index < -0.39 is 0 Å². The van der Waals surface area contributed by atoms with Crippen LogP contribution >= 0.6 is 0 Å². The fourth-order valence-electron chi connectivity index (χ4n) is 3.32. The quantitative estimate of drug-likeness (QED) is 0.863. The highest BCUT2D eigenvalue weighted by Crippen LogP contribution is 2.19. The van der Waals surface area contributed by atoms with Crippen molar-refractivity contribution in [2.45, 2.75) is 39.3 Å². The highest BCUT2D eigenvalue weighted by molar-refractivity contribution is 5.96. The van der Waals surface area contributed by atoms with Gasteiger partial charge in [-0.2, -0.15) is 5.10 Å². The maximum atomic E-state index is 12.8. The average molecular weight is 329 g/mol. The van der Waals surface area contributed by atoms with Crippen molar-refractivity contribution in [1.29, 1.82) is 0 Å². The normalized spacial score (nSPS) is 16.9. The Labute approximate surface area is 143 Å². The molecule has 0 bridgehead atoms. The van der Waals surface area contributed by atoms with Gasteiger partial charge in [0.05, 0.1) is 11.8 Å². The number of pyridine rings is 1. The lowest BCUT2D eigenvalue weighted by atomic mass is 10.0. The van der Waals surface area contributed by atoms with Crippen molar-refractivity contribution in [3.63, 3.8) is 0 Å². The molecule has 0 unspecified atom stereocenters. The second-order valence-electron chi connectivity index (χ2n) is 7.31. The third kappa shape index (κ3) is 3.43. The Hall–Kier alpha value is -1.95. The molecule has 0 radical (unpaired) electrons. The van der Waals surface area contributed by atoms with Crippen LogP contribution in [-0.2, 0) is 6.54 Å². The van der Waals surface area contributed by atoms with Crippen molar-refractivity contribution in [3.05, 3.63) is 24.0 Å². The van der Waals surface area contributed by atoms with Gasteiger partial charge in [-0.15, -0.1) is 0 Å². The lowest BCUT2D eigenvalue weighted by molar-refractivity contribution is 0.0659. The zero-order chi connectivity index (χ0) is 17.3. The zero-order valence-electron chi connectivity index (χ0n) is 15.1. The van der Waals surface area contributed by atoms with E-state index >= 15 is 0 Å². The van der Waals surface area contributed by atoms with Crippen LogP contribution in [0.4, 0.5) is 0 Å². The molecule has 1 amide bonds. The molecule has 1 aliphatic rings. The van der Waals surface area contributed by atoms with Crippen LogP contribution in [0, 0.1) is 5.92 Å². The zero-order valence-corrected chi connectivity index (χ0v) is 15.1. The van der Waals surface area contributed by atoms with E-state index in [4.69, 9.17) is 0 Å². The van der Waals surface area contributed by atoms with Gasteiger partial charge in [-0.05, 0) is 45.0 Å². The van der Waals surface area contributed by atoms with Crippen LogP contribution in [0.1, 0.15) is 37.0 Å². The second kappa shape index (κ2) is 6.89. The van der Waals surface area contributed by atoms with Crippen LogP contribution in [0.25, 0.3) is 11.0 Å². The number of piperidine rings is 1. The van der Waals surface area contributed by atoms with Gasteiger partial charge in [0.2, 0.25) is 0 Å². The van der Waals surface area contributed by atoms with Crippen molar-refractivity contribution in [2.24, 2.45) is 5.92 Å². The highest BCUT2D eigenvalue weighted by Gasteiger charge is 2.25. The summed E-state index contributed by atoms with van der Waals surface area (Å²) in [5, 5.41) is 5.33. The molecule has 0 spiro atoms. The number of fused-ring (bicyclic) bond motifs is 1. The Bertz CT molecular complexity index is 715. The third-order valence-corrected chi connectivity index (χ3v) is 4.82. The van der Waals surface area contributed by atoms with E-state index in [2.05, 4.69) is 35.9 Å². The summed E-state index contributed by atoms with van der Waals surface area (Å²) in [4.78, 5) is 21.5. The Balaban J connectivity index is 1.77. The van der Waals surface area contributed by atoms with Crippen LogP contribution in [0.15, 0.2) is 18.5 Å². The maximum Gasteiger partial charge on any atom is 0.255 e. The van der Waals surface area contributed by atoms with Crippen LogP contribution in [0.3, 0.4) is 0 Å². The first-order valence-electron chi connectivity index (χ1n) is 8.73. The number of nitrogens with zero attached hydrogens (tertiary/aromatic N) is 5. The van der Waals surface area contributed by atoms with Crippen LogP contribution in [0.5, 0.6) is 0 Å². The molecule has 2 aromatic rings. The summed E-state index contributed by atoms with van der Waals surface area (Å²) in [7, 11) is 4.04. The molecule has 3 rings (SSSR count). The van der Waals surface area contributed by atoms with Gasteiger partial charge in [0.15, 0.2) is 5.65 Å². The average Bonchev–Trinajstić information content (AvgIpc) is 2.96. The molecule has 6 heteroatoms. The van der Waals surface area contributed by atoms with Gasteiger partial charge in [0, 0.05) is 31.2 Å². The van der Waals surface area contributed by atoms with E-state index in [9.17, 15) is 4.79 Å². The topological polar surface area (TPSA) is 54.3 Å². The smallest absolute Gasteiger partial charge is 0.255 e. The summed E-state index contributed by atoms with van der Waals surface area (Å²) in [6, 6.07) is 2.23. The minimum atomic E-state index is 0.0514. The fraction of sp³-hybridized carbons (Fsp3) is 0.611. The van der Waals surface area contributed by atoms with E-state index in [1.807, 2.05) is 22.7 Å². The number of hydrogen-bond acceptors (Lipinski definition) is 4. The van der Waals surface area contributed by atoms with E-state index in [0.717, 1.165) is 43.5 Å². The number of rotatable bonds is 4. The summed E-state index contributed by atoms with van der Waals surface area (Å²) < 4.78 is 1.91. The molecule has 0 N–H and O–H groups in total. The highest BCUT2D eigenvalue weighted by atomic mass is 16.2. The number of likely N-dealkylation sites (tertiary alicyclic amines) is 1. The molecule has 1 saturated heterocycles. The third-order valence-electron chi connectivity index (χ3n) is 4.82. The fourth-order valence-corrected chi connectivity index (χ4v) is 3.32. The minimum Gasteiger partial charge on any atom is -0.339 e. The predicted octanol–water partition coefficient (Wildman–Crippen LogP) is 2.25. The summed E-state index contributed by atoms with van der Waals surface area (Å²) in [5.74, 6) is 0.558. The van der Waals surface area contributed by atoms with Crippen LogP contribution in [0.2, 0.25) is 0 Å². The Kier molecular flexibility index (Phi) is 4.85. The lowest BCUT2D eigenvalue weighted by Crippen LogP contribution is -2.44. The molecule has 24 heavy (non-hydrogen) atoms. The van der Waals surface area contributed by atoms with Crippen LogP contribution < -0.4 is 0 Å². The second-order valence-corrected chi connectivity index (χ2v) is 7.31. The Morgan fingerprint density at radius 3 is 2.71 bits per heavy atom. The van der Waals surface area contributed by atoms with Crippen LogP contribution in [-0.4, -0.2) is 63.7 Å². The molecule has 130 valence electrons. The monoisotopic (exact) mass is 329 g/mol. The van der Waals surface area contributed by atoms with E-state index in [0.29, 0.717) is 17.5 Å². The summed E-state index contributed by atoms with van der Waals surface area (Å²) in [5.41, 5.74) is 1.50. The molecule has 3 heterocycles. The summed E-state index contributed by atoms with van der Waals surface area (Å²) in [6.45, 7) is 7.23. The largest absolute Gasteiger partial charge is 0.339 e. The molecule has 0 saturated carbocycles. The van der Waals surface area contributed by atoms with Gasteiger partial charge in [-0.1, -0.05) is 13.8 Å². The first-order valence-corrected chi connectivity index (χ1v) is 8.73. The molecule has 6 nitrogen and oxygen atoms in total. The van der Waals surface area contributed by atoms with Gasteiger partial charge < -0.3 is 9.80 Å². The molecule has 0 aliphatic carbocycles. The standard InChI is InChI=1S/C18H27N5O/c1-13(2)12-23-17-14(11-20-23)9-15(10-19-17)18(24)22(4)16-5-7-21(3)8-6-16/h9-11,13,16H,5-8,12H2,1-4H3. The lowest BCUT2D eigenvalue weighted by Gasteiger charge is -2.35. The number of aromatic nitrogens is 3. The van der Waals surface area contributed by atoms with Crippen molar-refractivity contribution < 1.29 is 4.79 Å². The first-order chi connectivity index (χ1) is 11.5. The van der Waals surface area contributed by atoms with Crippen molar-refractivity contribution in [3.8, 4) is 0 Å². The molecule has 0 atom stereocenters. The maximum absolute atomic E-state index is 12.8. The Morgan fingerprint density at radius 1 is 1.33 bits per heavy atom. The van der Waals surface area contributed by atoms with Gasteiger partial charge in [-0.3, -0.25) is 4.79 Å². The van der Waals surface area contributed by atoms with E-state index in [1.165, 1.54) is 0 Å². The number of carbonyl (C=O) groups is 1. The van der Waals surface area contributed by atoms with Gasteiger partial charge in [-0.25, -0.2) is 9.67 Å². The van der Waals surface area contributed by atoms with E-state index in [-0.39, 0.29) is 5.91 Å². The van der Waals surface area contributed by atoms with Gasteiger partial charge in [0.25, 0.3) is 5.91 Å². The molecule has 0 aromatic carbocycles. The molecule has 1 aliphatic heterocycles. The molecular weight excluding hydrogens is 302 g/mol. The molecular formula is C18H27N5O. The van der Waals surface area contributed by atoms with E-state index in [1.54, 1.807) is 12.4 Å². The van der Waals surface area contributed by atoms with Crippen molar-refractivity contribution in [1.82, 2.24) is 24.6 Å². The number of hydrogen-bond donors (Lipinski definition) is 0.